The zero-order valence-corrected chi connectivity index (χ0v) is 18.2. The summed E-state index contributed by atoms with van der Waals surface area (Å²) < 4.78 is 4.40. The van der Waals surface area contributed by atoms with Crippen molar-refractivity contribution in [3.05, 3.63) is 41.2 Å². The summed E-state index contributed by atoms with van der Waals surface area (Å²) in [6.07, 6.45) is 0.892. The van der Waals surface area contributed by atoms with Gasteiger partial charge in [0.2, 0.25) is 5.13 Å². The monoisotopic (exact) mass is 401 g/mol. The summed E-state index contributed by atoms with van der Waals surface area (Å²) in [5.74, 6) is 1.90. The van der Waals surface area contributed by atoms with E-state index in [1.807, 2.05) is 7.05 Å². The van der Waals surface area contributed by atoms with Crippen LogP contribution in [0.4, 0.5) is 5.13 Å². The van der Waals surface area contributed by atoms with Crippen LogP contribution in [-0.2, 0) is 19.5 Å². The summed E-state index contributed by atoms with van der Waals surface area (Å²) >= 11 is 1.51. The van der Waals surface area contributed by atoms with E-state index in [9.17, 15) is 0 Å². The predicted octanol–water partition coefficient (Wildman–Crippen LogP) is 2.06. The summed E-state index contributed by atoms with van der Waals surface area (Å²) in [7, 11) is 6.03. The molecule has 1 aromatic heterocycles. The highest BCUT2D eigenvalue weighted by molar-refractivity contribution is 7.09. The Balaban J connectivity index is 1.49. The van der Waals surface area contributed by atoms with E-state index < -0.39 is 0 Å². The molecule has 0 atom stereocenters. The number of guanidine groups is 1. The van der Waals surface area contributed by atoms with Gasteiger partial charge in [-0.3, -0.25) is 4.99 Å². The van der Waals surface area contributed by atoms with Gasteiger partial charge in [0.05, 0.1) is 0 Å². The fourth-order valence-electron chi connectivity index (χ4n) is 3.27. The van der Waals surface area contributed by atoms with Crippen LogP contribution in [0.3, 0.4) is 0 Å². The number of benzene rings is 1. The van der Waals surface area contributed by atoms with Crippen LogP contribution in [0.1, 0.15) is 23.9 Å². The molecule has 0 bridgehead atoms. The number of hydrogen-bond donors (Lipinski definition) is 1. The Kier molecular flexibility index (Phi) is 7.22. The Bertz CT molecular complexity index is 761. The van der Waals surface area contributed by atoms with Crippen LogP contribution in [0.5, 0.6) is 0 Å². The molecule has 0 saturated carbocycles. The Morgan fingerprint density at radius 1 is 1.14 bits per heavy atom. The van der Waals surface area contributed by atoms with Crippen LogP contribution >= 0.6 is 11.5 Å². The SMILES string of the molecule is CCc1nsc(N2CCN(C(=NC)NCc3ccc(CN(C)C)cc3)CC2)n1. The molecule has 7 nitrogen and oxygen atoms in total. The Labute approximate surface area is 172 Å². The van der Waals surface area contributed by atoms with Gasteiger partial charge in [0.25, 0.3) is 0 Å². The molecule has 1 aliphatic rings. The quantitative estimate of drug-likeness (QED) is 0.591. The zero-order valence-electron chi connectivity index (χ0n) is 17.4. The molecule has 1 aromatic carbocycles. The molecular weight excluding hydrogens is 370 g/mol. The first-order valence-corrected chi connectivity index (χ1v) is 10.6. The van der Waals surface area contributed by atoms with Gasteiger partial charge in [-0.15, -0.1) is 0 Å². The first-order chi connectivity index (χ1) is 13.6. The minimum Gasteiger partial charge on any atom is -0.352 e. The molecule has 0 amide bonds. The van der Waals surface area contributed by atoms with Crippen molar-refractivity contribution >= 4 is 22.6 Å². The normalized spacial score (nSPS) is 15.4. The molecule has 28 heavy (non-hydrogen) atoms. The lowest BCUT2D eigenvalue weighted by molar-refractivity contribution is 0.372. The number of nitrogens with one attached hydrogen (secondary N) is 1. The highest BCUT2D eigenvalue weighted by Gasteiger charge is 2.21. The van der Waals surface area contributed by atoms with Crippen LogP contribution in [-0.4, -0.2) is 72.4 Å². The van der Waals surface area contributed by atoms with Crippen molar-refractivity contribution in [2.45, 2.75) is 26.4 Å². The van der Waals surface area contributed by atoms with Crippen LogP contribution in [0.25, 0.3) is 0 Å². The maximum absolute atomic E-state index is 4.61. The van der Waals surface area contributed by atoms with E-state index in [1.165, 1.54) is 22.7 Å². The average molecular weight is 402 g/mol. The first-order valence-electron chi connectivity index (χ1n) is 9.84. The summed E-state index contributed by atoms with van der Waals surface area (Å²) in [5.41, 5.74) is 2.60. The highest BCUT2D eigenvalue weighted by atomic mass is 32.1. The predicted molar refractivity (Wildman–Crippen MR) is 117 cm³/mol. The molecule has 1 aliphatic heterocycles. The van der Waals surface area contributed by atoms with E-state index in [0.29, 0.717) is 0 Å². The summed E-state index contributed by atoms with van der Waals surface area (Å²) in [6.45, 7) is 7.59. The molecule has 8 heteroatoms. The topological polar surface area (TPSA) is 59.9 Å². The molecule has 0 aliphatic carbocycles. The maximum Gasteiger partial charge on any atom is 0.205 e. The molecular formula is C20H31N7S. The third-order valence-electron chi connectivity index (χ3n) is 4.81. The van der Waals surface area contributed by atoms with E-state index in [2.05, 4.69) is 79.7 Å². The number of aliphatic imine (C=N–C) groups is 1. The number of hydrogen-bond acceptors (Lipinski definition) is 6. The number of anilines is 1. The summed E-state index contributed by atoms with van der Waals surface area (Å²) in [4.78, 5) is 15.9. The third-order valence-corrected chi connectivity index (χ3v) is 5.62. The van der Waals surface area contributed by atoms with Gasteiger partial charge >= 0.3 is 0 Å². The molecule has 1 saturated heterocycles. The standard InChI is InChI=1S/C20H31N7S/c1-5-18-23-20(28-24-18)27-12-10-26(11-13-27)19(21-2)22-14-16-6-8-17(9-7-16)15-25(3)4/h6-9H,5,10-15H2,1-4H3,(H,21,22). The minimum atomic E-state index is 0.783. The Morgan fingerprint density at radius 2 is 1.82 bits per heavy atom. The molecule has 0 spiro atoms. The second kappa shape index (κ2) is 9.84. The average Bonchev–Trinajstić information content (AvgIpc) is 3.19. The summed E-state index contributed by atoms with van der Waals surface area (Å²) in [6, 6.07) is 8.78. The number of nitrogens with zero attached hydrogens (tertiary/aromatic N) is 6. The highest BCUT2D eigenvalue weighted by Crippen LogP contribution is 2.19. The van der Waals surface area contributed by atoms with E-state index in [0.717, 1.165) is 62.6 Å². The van der Waals surface area contributed by atoms with Crippen LogP contribution in [0.2, 0.25) is 0 Å². The molecule has 1 fully saturated rings. The van der Waals surface area contributed by atoms with Crippen molar-refractivity contribution in [3.8, 4) is 0 Å². The smallest absolute Gasteiger partial charge is 0.205 e. The van der Waals surface area contributed by atoms with Crippen LogP contribution in [0, 0.1) is 0 Å². The van der Waals surface area contributed by atoms with Gasteiger partial charge in [0.15, 0.2) is 5.96 Å². The lowest BCUT2D eigenvalue weighted by Crippen LogP contribution is -2.52. The molecule has 2 aromatic rings. The second-order valence-electron chi connectivity index (χ2n) is 7.28. The summed E-state index contributed by atoms with van der Waals surface area (Å²) in [5, 5.41) is 4.54. The fraction of sp³-hybridized carbons (Fsp3) is 0.550. The molecule has 0 unspecified atom stereocenters. The minimum absolute atomic E-state index is 0.783. The van der Waals surface area contributed by atoms with E-state index in [-0.39, 0.29) is 0 Å². The van der Waals surface area contributed by atoms with Gasteiger partial charge in [-0.25, -0.2) is 4.98 Å². The molecule has 3 rings (SSSR count). The van der Waals surface area contributed by atoms with Crippen molar-refractivity contribution in [2.75, 3.05) is 52.2 Å². The Morgan fingerprint density at radius 3 is 2.39 bits per heavy atom. The van der Waals surface area contributed by atoms with Gasteiger partial charge in [0.1, 0.15) is 5.82 Å². The maximum atomic E-state index is 4.61. The van der Waals surface area contributed by atoms with Crippen LogP contribution in [0.15, 0.2) is 29.3 Å². The van der Waals surface area contributed by atoms with Gasteiger partial charge in [0, 0.05) is 64.3 Å². The van der Waals surface area contributed by atoms with Crippen molar-refractivity contribution < 1.29 is 0 Å². The lowest BCUT2D eigenvalue weighted by Gasteiger charge is -2.36. The lowest BCUT2D eigenvalue weighted by atomic mass is 10.1. The molecule has 2 heterocycles. The molecule has 1 N–H and O–H groups in total. The first kappa shape index (κ1) is 20.5. The van der Waals surface area contributed by atoms with Crippen molar-refractivity contribution in [3.63, 3.8) is 0 Å². The number of aromatic nitrogens is 2. The zero-order chi connectivity index (χ0) is 19.9. The van der Waals surface area contributed by atoms with Gasteiger partial charge in [-0.05, 0) is 25.2 Å². The van der Waals surface area contributed by atoms with E-state index in [4.69, 9.17) is 0 Å². The van der Waals surface area contributed by atoms with E-state index in [1.54, 1.807) is 0 Å². The van der Waals surface area contributed by atoms with E-state index >= 15 is 0 Å². The van der Waals surface area contributed by atoms with Crippen molar-refractivity contribution in [1.82, 2.24) is 24.5 Å². The number of rotatable bonds is 6. The number of piperazine rings is 1. The third kappa shape index (κ3) is 5.42. The van der Waals surface area contributed by atoms with Gasteiger partial charge < -0.3 is 20.0 Å². The Hall–Kier alpha value is -2.19. The van der Waals surface area contributed by atoms with Gasteiger partial charge in [-0.2, -0.15) is 4.37 Å². The molecule has 152 valence electrons. The number of aryl methyl sites for hydroxylation is 1. The van der Waals surface area contributed by atoms with Crippen molar-refractivity contribution in [2.24, 2.45) is 4.99 Å². The van der Waals surface area contributed by atoms with Crippen molar-refractivity contribution in [1.29, 1.82) is 0 Å². The molecule has 0 radical (unpaired) electrons. The van der Waals surface area contributed by atoms with Gasteiger partial charge in [-0.1, -0.05) is 31.2 Å². The largest absolute Gasteiger partial charge is 0.352 e. The second-order valence-corrected chi connectivity index (χ2v) is 8.01. The fourth-order valence-corrected chi connectivity index (χ4v) is 4.07. The van der Waals surface area contributed by atoms with Crippen LogP contribution < -0.4 is 10.2 Å².